The van der Waals surface area contributed by atoms with Crippen molar-refractivity contribution in [3.63, 3.8) is 0 Å². The van der Waals surface area contributed by atoms with Gasteiger partial charge in [-0.3, -0.25) is 4.79 Å². The summed E-state index contributed by atoms with van der Waals surface area (Å²) >= 11 is 0. The molecule has 1 aromatic rings. The molecule has 1 aliphatic heterocycles. The third kappa shape index (κ3) is 2.70. The van der Waals surface area contributed by atoms with Crippen LogP contribution >= 0.6 is 0 Å². The van der Waals surface area contributed by atoms with E-state index in [0.717, 1.165) is 0 Å². The lowest BCUT2D eigenvalue weighted by atomic mass is 9.96. The van der Waals surface area contributed by atoms with Gasteiger partial charge in [-0.05, 0) is 12.8 Å². The van der Waals surface area contributed by atoms with Crippen molar-refractivity contribution in [1.82, 2.24) is 4.98 Å². The fraction of sp³-hybridized carbons (Fsp3) is 0.615. The van der Waals surface area contributed by atoms with Gasteiger partial charge < -0.3 is 15.1 Å². The fourth-order valence-electron chi connectivity index (χ4n) is 2.23. The third-order valence-corrected chi connectivity index (χ3v) is 3.41. The number of anilines is 1. The number of oxazole rings is 1. The number of carbonyl (C=O) groups is 1. The smallest absolute Gasteiger partial charge is 0.234 e. The van der Waals surface area contributed by atoms with Gasteiger partial charge in [-0.25, -0.2) is 4.98 Å². The molecule has 0 saturated carbocycles. The average molecular weight is 262 g/mol. The molecule has 6 heteroatoms. The highest BCUT2D eigenvalue weighted by Crippen LogP contribution is 2.29. The van der Waals surface area contributed by atoms with Crippen LogP contribution in [0, 0.1) is 17.2 Å². The first-order valence-corrected chi connectivity index (χ1v) is 6.48. The normalized spacial score (nSPS) is 16.6. The molecule has 1 amide bonds. The molecule has 2 rings (SSSR count). The highest BCUT2D eigenvalue weighted by Gasteiger charge is 2.27. The van der Waals surface area contributed by atoms with Gasteiger partial charge >= 0.3 is 0 Å². The summed E-state index contributed by atoms with van der Waals surface area (Å²) in [6, 6.07) is 2.06. The summed E-state index contributed by atoms with van der Waals surface area (Å²) in [6.45, 7) is 5.26. The van der Waals surface area contributed by atoms with Gasteiger partial charge in [0.1, 0.15) is 6.07 Å². The van der Waals surface area contributed by atoms with Crippen LogP contribution in [0.5, 0.6) is 0 Å². The van der Waals surface area contributed by atoms with Crippen molar-refractivity contribution >= 4 is 11.8 Å². The predicted octanol–water partition coefficient (Wildman–Crippen LogP) is 1.37. The molecule has 1 aromatic heterocycles. The minimum Gasteiger partial charge on any atom is -0.423 e. The Balaban J connectivity index is 2.15. The maximum atomic E-state index is 11.1. The summed E-state index contributed by atoms with van der Waals surface area (Å²) in [7, 11) is 0. The second-order valence-electron chi connectivity index (χ2n) is 5.14. The van der Waals surface area contributed by atoms with E-state index in [4.69, 9.17) is 15.4 Å². The summed E-state index contributed by atoms with van der Waals surface area (Å²) in [4.78, 5) is 17.3. The molecule has 19 heavy (non-hydrogen) atoms. The summed E-state index contributed by atoms with van der Waals surface area (Å²) in [6.07, 6.45) is 1.38. The first-order chi connectivity index (χ1) is 9.02. The zero-order valence-corrected chi connectivity index (χ0v) is 11.2. The van der Waals surface area contributed by atoms with E-state index in [1.165, 1.54) is 0 Å². The molecule has 102 valence electrons. The number of piperidine rings is 1. The number of carbonyl (C=O) groups excluding carboxylic acids is 1. The lowest BCUT2D eigenvalue weighted by Crippen LogP contribution is -2.38. The predicted molar refractivity (Wildman–Crippen MR) is 69.4 cm³/mol. The molecule has 2 heterocycles. The van der Waals surface area contributed by atoms with Crippen molar-refractivity contribution in [3.05, 3.63) is 11.6 Å². The summed E-state index contributed by atoms with van der Waals surface area (Å²) in [5.41, 5.74) is 5.63. The van der Waals surface area contributed by atoms with E-state index in [1.54, 1.807) is 0 Å². The largest absolute Gasteiger partial charge is 0.423 e. The van der Waals surface area contributed by atoms with Crippen LogP contribution in [-0.2, 0) is 4.79 Å². The number of nitrogens with two attached hydrogens (primary N) is 1. The van der Waals surface area contributed by atoms with Gasteiger partial charge in [0.05, 0.1) is 0 Å². The first kappa shape index (κ1) is 13.4. The number of nitrogens with zero attached hydrogens (tertiary/aromatic N) is 3. The van der Waals surface area contributed by atoms with E-state index >= 15 is 0 Å². The summed E-state index contributed by atoms with van der Waals surface area (Å²) in [5, 5.41) is 9.11. The van der Waals surface area contributed by atoms with Crippen LogP contribution in [0.4, 0.5) is 5.88 Å². The van der Waals surface area contributed by atoms with Crippen LogP contribution in [0.2, 0.25) is 0 Å². The van der Waals surface area contributed by atoms with Gasteiger partial charge in [0.25, 0.3) is 0 Å². The van der Waals surface area contributed by atoms with Crippen LogP contribution < -0.4 is 10.6 Å². The molecule has 0 atom stereocenters. The maximum Gasteiger partial charge on any atom is 0.234 e. The third-order valence-electron chi connectivity index (χ3n) is 3.41. The Morgan fingerprint density at radius 1 is 1.53 bits per heavy atom. The molecular weight excluding hydrogens is 244 g/mol. The van der Waals surface area contributed by atoms with Gasteiger partial charge in [0.15, 0.2) is 0 Å². The van der Waals surface area contributed by atoms with Crippen LogP contribution in [0.1, 0.15) is 44.2 Å². The van der Waals surface area contributed by atoms with Crippen LogP contribution in [0.3, 0.4) is 0 Å². The first-order valence-electron chi connectivity index (χ1n) is 6.48. The number of aromatic nitrogens is 1. The number of hydrogen-bond acceptors (Lipinski definition) is 5. The number of primary amides is 1. The molecule has 0 aliphatic carbocycles. The van der Waals surface area contributed by atoms with E-state index < -0.39 is 0 Å². The van der Waals surface area contributed by atoms with Gasteiger partial charge in [-0.15, -0.1) is 0 Å². The molecule has 1 fully saturated rings. The average Bonchev–Trinajstić information content (AvgIpc) is 2.83. The topological polar surface area (TPSA) is 96.1 Å². The van der Waals surface area contributed by atoms with Crippen molar-refractivity contribution in [2.45, 2.75) is 32.6 Å². The number of rotatable bonds is 3. The van der Waals surface area contributed by atoms with Crippen molar-refractivity contribution in [3.8, 4) is 6.07 Å². The number of nitriles is 1. The van der Waals surface area contributed by atoms with Crippen molar-refractivity contribution in [2.75, 3.05) is 18.0 Å². The van der Waals surface area contributed by atoms with Crippen LogP contribution in [-0.4, -0.2) is 24.0 Å². The number of amides is 1. The molecule has 1 aliphatic rings. The highest BCUT2D eigenvalue weighted by atomic mass is 16.4. The summed E-state index contributed by atoms with van der Waals surface area (Å²) < 4.78 is 5.68. The Morgan fingerprint density at radius 3 is 2.63 bits per heavy atom. The van der Waals surface area contributed by atoms with Gasteiger partial charge in [0.2, 0.25) is 23.4 Å². The highest BCUT2D eigenvalue weighted by molar-refractivity contribution is 5.77. The molecule has 0 radical (unpaired) electrons. The van der Waals surface area contributed by atoms with Crippen molar-refractivity contribution in [1.29, 1.82) is 5.26 Å². The molecule has 0 bridgehead atoms. The van der Waals surface area contributed by atoms with Gasteiger partial charge in [-0.2, -0.15) is 5.26 Å². The van der Waals surface area contributed by atoms with E-state index in [2.05, 4.69) is 11.1 Å². The van der Waals surface area contributed by atoms with Crippen LogP contribution in [0.25, 0.3) is 0 Å². The SMILES string of the molecule is CC(C)c1nc(C#N)c(N2CCC(C(N)=O)CC2)o1. The molecule has 0 aromatic carbocycles. The minimum atomic E-state index is -0.249. The van der Waals surface area contributed by atoms with Gasteiger partial charge in [-0.1, -0.05) is 13.8 Å². The standard InChI is InChI=1S/C13H18N4O2/c1-8(2)12-16-10(7-14)13(19-12)17-5-3-9(4-6-17)11(15)18/h8-9H,3-6H2,1-2H3,(H2,15,18). The molecule has 6 nitrogen and oxygen atoms in total. The van der Waals surface area contributed by atoms with E-state index in [9.17, 15) is 4.79 Å². The minimum absolute atomic E-state index is 0.0747. The quantitative estimate of drug-likeness (QED) is 0.887. The lowest BCUT2D eigenvalue weighted by molar-refractivity contribution is -0.122. The summed E-state index contributed by atoms with van der Waals surface area (Å²) in [5.74, 6) is 0.913. The Hall–Kier alpha value is -2.03. The zero-order chi connectivity index (χ0) is 14.0. The van der Waals surface area contributed by atoms with E-state index in [-0.39, 0.29) is 17.7 Å². The Labute approximate surface area is 112 Å². The monoisotopic (exact) mass is 262 g/mol. The molecular formula is C13H18N4O2. The van der Waals surface area contributed by atoms with Gasteiger partial charge in [0, 0.05) is 24.9 Å². The van der Waals surface area contributed by atoms with E-state index in [0.29, 0.717) is 43.4 Å². The molecule has 2 N–H and O–H groups in total. The van der Waals surface area contributed by atoms with Crippen LogP contribution in [0.15, 0.2) is 4.42 Å². The van der Waals surface area contributed by atoms with Crippen molar-refractivity contribution in [2.24, 2.45) is 11.7 Å². The lowest BCUT2D eigenvalue weighted by Gasteiger charge is -2.30. The molecule has 0 spiro atoms. The Bertz CT molecular complexity index is 507. The number of hydrogen-bond donors (Lipinski definition) is 1. The Morgan fingerprint density at radius 2 is 2.16 bits per heavy atom. The second-order valence-corrected chi connectivity index (χ2v) is 5.14. The zero-order valence-electron chi connectivity index (χ0n) is 11.2. The molecule has 1 saturated heterocycles. The maximum absolute atomic E-state index is 11.1. The van der Waals surface area contributed by atoms with E-state index in [1.807, 2.05) is 18.7 Å². The second kappa shape index (κ2) is 5.31. The van der Waals surface area contributed by atoms with Crippen molar-refractivity contribution < 1.29 is 9.21 Å². The Kier molecular flexibility index (Phi) is 3.74. The fourth-order valence-corrected chi connectivity index (χ4v) is 2.23. The molecule has 0 unspecified atom stereocenters.